The van der Waals surface area contributed by atoms with Crippen LogP contribution in [0.4, 0.5) is 5.82 Å². The summed E-state index contributed by atoms with van der Waals surface area (Å²) in [6.45, 7) is 5.53. The average molecular weight is 414 g/mol. The summed E-state index contributed by atoms with van der Waals surface area (Å²) in [7, 11) is -3.72. The maximum atomic E-state index is 12.4. The molecule has 0 bridgehead atoms. The maximum absolute atomic E-state index is 12.4. The molecule has 3 aromatic rings. The van der Waals surface area contributed by atoms with Crippen molar-refractivity contribution in [3.8, 4) is 5.82 Å². The Balaban J connectivity index is 1.63. The number of Topliss-reactive ketones (excluding diaryl/α,β-unsaturated/α-hetero) is 1. The van der Waals surface area contributed by atoms with Crippen LogP contribution in [0.2, 0.25) is 0 Å². The van der Waals surface area contributed by atoms with Gasteiger partial charge in [-0.15, -0.1) is 0 Å². The van der Waals surface area contributed by atoms with Crippen molar-refractivity contribution in [2.45, 2.75) is 25.7 Å². The van der Waals surface area contributed by atoms with E-state index in [2.05, 4.69) is 25.0 Å². The lowest BCUT2D eigenvalue weighted by molar-refractivity contribution is 0.101. The molecule has 10 heteroatoms. The standard InChI is InChI=1S/C19H22N6O3S/c1-13(26)16-5-4-6-17(11-16)29(27,28)22-8-7-21-18-12-19(24-14(2)23-18)25-10-9-20-15(25)3/h4-6,9-12,22H,7-8H2,1-3H3,(H,21,23,24). The Bertz CT molecular complexity index is 1140. The molecule has 0 amide bonds. The van der Waals surface area contributed by atoms with Gasteiger partial charge in [0, 0.05) is 37.1 Å². The summed E-state index contributed by atoms with van der Waals surface area (Å²) < 4.78 is 29.2. The van der Waals surface area contributed by atoms with Gasteiger partial charge >= 0.3 is 0 Å². The fourth-order valence-corrected chi connectivity index (χ4v) is 3.80. The second-order valence-electron chi connectivity index (χ2n) is 6.41. The first-order valence-electron chi connectivity index (χ1n) is 8.97. The quantitative estimate of drug-likeness (QED) is 0.427. The van der Waals surface area contributed by atoms with Gasteiger partial charge in [0.25, 0.3) is 0 Å². The number of hydrogen-bond acceptors (Lipinski definition) is 7. The lowest BCUT2D eigenvalue weighted by Crippen LogP contribution is -2.29. The highest BCUT2D eigenvalue weighted by atomic mass is 32.2. The molecule has 0 saturated carbocycles. The summed E-state index contributed by atoms with van der Waals surface area (Å²) in [5.41, 5.74) is 0.352. The Morgan fingerprint density at radius 1 is 1.14 bits per heavy atom. The van der Waals surface area contributed by atoms with E-state index in [1.54, 1.807) is 31.3 Å². The van der Waals surface area contributed by atoms with Crippen molar-refractivity contribution in [1.29, 1.82) is 0 Å². The molecular weight excluding hydrogens is 392 g/mol. The molecule has 0 unspecified atom stereocenters. The second-order valence-corrected chi connectivity index (χ2v) is 8.18. The van der Waals surface area contributed by atoms with Crippen LogP contribution < -0.4 is 10.0 Å². The number of nitrogens with one attached hydrogen (secondary N) is 2. The first-order valence-corrected chi connectivity index (χ1v) is 10.4. The zero-order valence-electron chi connectivity index (χ0n) is 16.4. The number of carbonyl (C=O) groups excluding carboxylic acids is 1. The highest BCUT2D eigenvalue weighted by Gasteiger charge is 2.15. The largest absolute Gasteiger partial charge is 0.369 e. The molecule has 152 valence electrons. The van der Waals surface area contributed by atoms with Crippen LogP contribution >= 0.6 is 0 Å². The van der Waals surface area contributed by atoms with Crippen LogP contribution in [-0.4, -0.2) is 46.8 Å². The lowest BCUT2D eigenvalue weighted by Gasteiger charge is -2.11. The Morgan fingerprint density at radius 3 is 2.62 bits per heavy atom. The maximum Gasteiger partial charge on any atom is 0.240 e. The average Bonchev–Trinajstić information content (AvgIpc) is 3.11. The van der Waals surface area contributed by atoms with Gasteiger partial charge in [-0.1, -0.05) is 12.1 Å². The van der Waals surface area contributed by atoms with Gasteiger partial charge in [0.2, 0.25) is 10.0 Å². The SMILES string of the molecule is CC(=O)c1cccc(S(=O)(=O)NCCNc2cc(-n3ccnc3C)nc(C)n2)c1. The van der Waals surface area contributed by atoms with Crippen molar-refractivity contribution in [1.82, 2.24) is 24.2 Å². The predicted octanol–water partition coefficient (Wildman–Crippen LogP) is 1.87. The van der Waals surface area contributed by atoms with Crippen LogP contribution in [0.25, 0.3) is 5.82 Å². The minimum atomic E-state index is -3.72. The van der Waals surface area contributed by atoms with Gasteiger partial charge < -0.3 is 5.32 Å². The van der Waals surface area contributed by atoms with Gasteiger partial charge in [0.05, 0.1) is 4.90 Å². The zero-order chi connectivity index (χ0) is 21.0. The van der Waals surface area contributed by atoms with Crippen LogP contribution in [0.3, 0.4) is 0 Å². The van der Waals surface area contributed by atoms with Crippen LogP contribution in [0.5, 0.6) is 0 Å². The Labute approximate surface area is 169 Å². The molecule has 0 aliphatic carbocycles. The third-order valence-corrected chi connectivity index (χ3v) is 5.63. The van der Waals surface area contributed by atoms with Gasteiger partial charge in [-0.05, 0) is 32.9 Å². The summed E-state index contributed by atoms with van der Waals surface area (Å²) in [5.74, 6) is 2.45. The number of ketones is 1. The topological polar surface area (TPSA) is 119 Å². The summed E-state index contributed by atoms with van der Waals surface area (Å²) >= 11 is 0. The van der Waals surface area contributed by atoms with E-state index in [1.165, 1.54) is 19.1 Å². The molecule has 0 atom stereocenters. The lowest BCUT2D eigenvalue weighted by atomic mass is 10.2. The number of hydrogen-bond donors (Lipinski definition) is 2. The minimum Gasteiger partial charge on any atom is -0.369 e. The third kappa shape index (κ3) is 5.04. The Morgan fingerprint density at radius 2 is 1.93 bits per heavy atom. The number of sulfonamides is 1. The van der Waals surface area contributed by atoms with E-state index in [0.717, 1.165) is 5.82 Å². The summed E-state index contributed by atoms with van der Waals surface area (Å²) in [6, 6.07) is 7.72. The highest BCUT2D eigenvalue weighted by molar-refractivity contribution is 7.89. The van der Waals surface area contributed by atoms with Crippen molar-refractivity contribution in [3.05, 3.63) is 59.9 Å². The monoisotopic (exact) mass is 414 g/mol. The number of aromatic nitrogens is 4. The van der Waals surface area contributed by atoms with E-state index >= 15 is 0 Å². The fourth-order valence-electron chi connectivity index (χ4n) is 2.73. The van der Waals surface area contributed by atoms with Crippen molar-refractivity contribution < 1.29 is 13.2 Å². The summed E-state index contributed by atoms with van der Waals surface area (Å²) in [6.07, 6.45) is 3.50. The van der Waals surface area contributed by atoms with Crippen LogP contribution in [0.15, 0.2) is 47.6 Å². The van der Waals surface area contributed by atoms with Crippen molar-refractivity contribution in [2.24, 2.45) is 0 Å². The van der Waals surface area contributed by atoms with E-state index < -0.39 is 10.0 Å². The molecule has 0 aliphatic heterocycles. The van der Waals surface area contributed by atoms with Crippen molar-refractivity contribution in [2.75, 3.05) is 18.4 Å². The van der Waals surface area contributed by atoms with Gasteiger partial charge in [-0.25, -0.2) is 28.1 Å². The number of aryl methyl sites for hydroxylation is 2. The Hall–Kier alpha value is -3.11. The number of imidazole rings is 1. The molecule has 2 aromatic heterocycles. The van der Waals surface area contributed by atoms with Crippen LogP contribution in [0, 0.1) is 13.8 Å². The molecule has 1 aromatic carbocycles. The molecule has 29 heavy (non-hydrogen) atoms. The van der Waals surface area contributed by atoms with Crippen LogP contribution in [-0.2, 0) is 10.0 Å². The van der Waals surface area contributed by atoms with Crippen molar-refractivity contribution in [3.63, 3.8) is 0 Å². The number of benzene rings is 1. The van der Waals surface area contributed by atoms with Gasteiger partial charge in [-0.2, -0.15) is 0 Å². The molecule has 0 fully saturated rings. The Kier molecular flexibility index (Phi) is 6.04. The van der Waals surface area contributed by atoms with Gasteiger partial charge in [-0.3, -0.25) is 9.36 Å². The smallest absolute Gasteiger partial charge is 0.240 e. The summed E-state index contributed by atoms with van der Waals surface area (Å²) in [4.78, 5) is 24.4. The second kappa shape index (κ2) is 8.50. The van der Waals surface area contributed by atoms with Crippen LogP contribution in [0.1, 0.15) is 28.9 Å². The molecule has 0 aliphatic rings. The normalized spacial score (nSPS) is 11.4. The highest BCUT2D eigenvalue weighted by Crippen LogP contribution is 2.13. The molecule has 2 heterocycles. The van der Waals surface area contributed by atoms with Gasteiger partial charge in [0.15, 0.2) is 5.78 Å². The fraction of sp³-hybridized carbons (Fsp3) is 0.263. The molecule has 2 N–H and O–H groups in total. The number of rotatable bonds is 8. The number of carbonyl (C=O) groups is 1. The van der Waals surface area contributed by atoms with E-state index in [0.29, 0.717) is 29.6 Å². The van der Waals surface area contributed by atoms with Gasteiger partial charge in [0.1, 0.15) is 23.3 Å². The molecule has 9 nitrogen and oxygen atoms in total. The summed E-state index contributed by atoms with van der Waals surface area (Å²) in [5, 5.41) is 3.10. The van der Waals surface area contributed by atoms with E-state index in [-0.39, 0.29) is 17.2 Å². The number of nitrogens with zero attached hydrogens (tertiary/aromatic N) is 4. The zero-order valence-corrected chi connectivity index (χ0v) is 17.2. The minimum absolute atomic E-state index is 0.0564. The van der Waals surface area contributed by atoms with Crippen molar-refractivity contribution >= 4 is 21.6 Å². The van der Waals surface area contributed by atoms with E-state index in [1.807, 2.05) is 17.7 Å². The molecule has 0 saturated heterocycles. The number of anilines is 1. The van der Waals surface area contributed by atoms with E-state index in [9.17, 15) is 13.2 Å². The molecule has 3 rings (SSSR count). The molecule has 0 spiro atoms. The predicted molar refractivity (Wildman–Crippen MR) is 109 cm³/mol. The molecular formula is C19H22N6O3S. The third-order valence-electron chi connectivity index (χ3n) is 4.17. The first kappa shape index (κ1) is 20.6. The molecule has 0 radical (unpaired) electrons. The van der Waals surface area contributed by atoms with E-state index in [4.69, 9.17) is 0 Å². The first-order chi connectivity index (χ1) is 13.8.